The van der Waals surface area contributed by atoms with Crippen LogP contribution >= 0.6 is 0 Å². The van der Waals surface area contributed by atoms with Crippen LogP contribution in [0.3, 0.4) is 0 Å². The van der Waals surface area contributed by atoms with Gasteiger partial charge in [-0.05, 0) is 35.9 Å². The number of hydrogen-bond donors (Lipinski definition) is 2. The first kappa shape index (κ1) is 20.5. The van der Waals surface area contributed by atoms with E-state index in [0.717, 1.165) is 10.9 Å². The highest BCUT2D eigenvalue weighted by Gasteiger charge is 2.37. The molecule has 1 aliphatic rings. The minimum atomic E-state index is -0.743. The van der Waals surface area contributed by atoms with Gasteiger partial charge in [-0.3, -0.25) is 9.59 Å². The molecule has 0 saturated carbocycles. The van der Waals surface area contributed by atoms with Crippen molar-refractivity contribution in [2.45, 2.75) is 12.6 Å². The maximum Gasteiger partial charge on any atom is 0.254 e. The molecule has 2 aromatic carbocycles. The topological polar surface area (TPSA) is 122 Å². The fourth-order valence-electron chi connectivity index (χ4n) is 3.80. The second kappa shape index (κ2) is 8.57. The zero-order valence-corrected chi connectivity index (χ0v) is 17.1. The minimum Gasteiger partial charge on any atom is -0.508 e. The van der Waals surface area contributed by atoms with Crippen molar-refractivity contribution in [3.8, 4) is 5.75 Å². The summed E-state index contributed by atoms with van der Waals surface area (Å²) in [7, 11) is 1.50. The van der Waals surface area contributed by atoms with Gasteiger partial charge in [-0.15, -0.1) is 0 Å². The summed E-state index contributed by atoms with van der Waals surface area (Å²) in [6.45, 7) is 1.21. The molecule has 4 rings (SSSR count). The molecular formula is C22H23N5O4. The zero-order chi connectivity index (χ0) is 22.0. The monoisotopic (exact) mass is 421 g/mol. The molecule has 1 fully saturated rings. The molecule has 1 atom stereocenters. The van der Waals surface area contributed by atoms with Gasteiger partial charge >= 0.3 is 0 Å². The van der Waals surface area contributed by atoms with Gasteiger partial charge in [-0.1, -0.05) is 12.1 Å². The number of anilines is 1. The van der Waals surface area contributed by atoms with Crippen LogP contribution in [0.5, 0.6) is 5.75 Å². The maximum atomic E-state index is 13.2. The Balaban J connectivity index is 1.54. The van der Waals surface area contributed by atoms with Gasteiger partial charge in [-0.25, -0.2) is 9.97 Å². The molecule has 0 spiro atoms. The van der Waals surface area contributed by atoms with E-state index in [-0.39, 0.29) is 24.2 Å². The molecule has 0 unspecified atom stereocenters. The molecule has 3 N–H and O–H groups in total. The van der Waals surface area contributed by atoms with Crippen molar-refractivity contribution in [3.63, 3.8) is 0 Å². The molecule has 9 heteroatoms. The van der Waals surface area contributed by atoms with Gasteiger partial charge in [0.2, 0.25) is 5.91 Å². The summed E-state index contributed by atoms with van der Waals surface area (Å²) in [6, 6.07) is 11.0. The normalized spacial score (nSPS) is 16.7. The van der Waals surface area contributed by atoms with Crippen molar-refractivity contribution in [2.24, 2.45) is 0 Å². The molecule has 1 aromatic heterocycles. The fraction of sp³-hybridized carbons (Fsp3) is 0.273. The summed E-state index contributed by atoms with van der Waals surface area (Å²) in [5.41, 5.74) is 7.83. The van der Waals surface area contributed by atoms with Crippen LogP contribution in [0.2, 0.25) is 0 Å². The molecule has 160 valence electrons. The van der Waals surface area contributed by atoms with Crippen molar-refractivity contribution in [3.05, 3.63) is 59.9 Å². The summed E-state index contributed by atoms with van der Waals surface area (Å²) in [4.78, 5) is 37.6. The number of ether oxygens (including phenoxy) is 1. The van der Waals surface area contributed by atoms with E-state index in [0.29, 0.717) is 36.5 Å². The number of hydrogen-bond acceptors (Lipinski definition) is 7. The average Bonchev–Trinajstić information content (AvgIpc) is 2.76. The molecule has 2 amide bonds. The Labute approximate surface area is 179 Å². The summed E-state index contributed by atoms with van der Waals surface area (Å²) in [5, 5.41) is 10.5. The number of aromatic nitrogens is 2. The summed E-state index contributed by atoms with van der Waals surface area (Å²) < 4.78 is 5.24. The molecule has 0 bridgehead atoms. The second-order valence-corrected chi connectivity index (χ2v) is 7.39. The Morgan fingerprint density at radius 1 is 1.23 bits per heavy atom. The first-order chi connectivity index (χ1) is 15.0. The van der Waals surface area contributed by atoms with E-state index in [1.807, 2.05) is 18.2 Å². The van der Waals surface area contributed by atoms with Gasteiger partial charge in [0.05, 0.1) is 12.1 Å². The molecule has 1 saturated heterocycles. The number of nitrogen functional groups attached to an aromatic ring is 1. The first-order valence-corrected chi connectivity index (χ1v) is 9.85. The number of nitrogens with zero attached hydrogens (tertiary/aromatic N) is 4. The number of carbonyl (C=O) groups is 2. The standard InChI is InChI=1S/C22H23N5O4/c1-31-12-19-22(30)26(7-8-27(19)21(29)15-3-2-4-16(28)10-15)11-14-5-6-17-18(9-14)24-13-25-20(17)23/h2-6,9-10,13,19,28H,7-8,11-12H2,1H3,(H2,23,24,25)/t19-/m0/s1. The number of amides is 2. The highest BCUT2D eigenvalue weighted by atomic mass is 16.5. The Bertz CT molecular complexity index is 1140. The third kappa shape index (κ3) is 4.13. The molecule has 0 aliphatic carbocycles. The Hall–Kier alpha value is -3.72. The number of phenols is 1. The first-order valence-electron chi connectivity index (χ1n) is 9.85. The predicted octanol–water partition coefficient (Wildman–Crippen LogP) is 1.42. The van der Waals surface area contributed by atoms with Gasteiger partial charge in [0, 0.05) is 37.7 Å². The van der Waals surface area contributed by atoms with E-state index in [2.05, 4.69) is 9.97 Å². The van der Waals surface area contributed by atoms with Gasteiger partial charge in [0.25, 0.3) is 5.91 Å². The van der Waals surface area contributed by atoms with Gasteiger partial charge in [0.1, 0.15) is 23.9 Å². The van der Waals surface area contributed by atoms with Crippen LogP contribution in [0.4, 0.5) is 5.82 Å². The number of aromatic hydroxyl groups is 1. The molecule has 0 radical (unpaired) electrons. The van der Waals surface area contributed by atoms with Crippen LogP contribution in [0.15, 0.2) is 48.8 Å². The van der Waals surface area contributed by atoms with E-state index in [1.54, 1.807) is 17.0 Å². The highest BCUT2D eigenvalue weighted by molar-refractivity contribution is 5.98. The van der Waals surface area contributed by atoms with Crippen LogP contribution in [0.25, 0.3) is 10.9 Å². The van der Waals surface area contributed by atoms with E-state index < -0.39 is 6.04 Å². The SMILES string of the molecule is COC[C@H]1C(=O)N(Cc2ccc3c(N)ncnc3c2)CCN1C(=O)c1cccc(O)c1. The van der Waals surface area contributed by atoms with Gasteiger partial charge in [-0.2, -0.15) is 0 Å². The van der Waals surface area contributed by atoms with Crippen LogP contribution in [0.1, 0.15) is 15.9 Å². The Morgan fingerprint density at radius 3 is 2.84 bits per heavy atom. The van der Waals surface area contributed by atoms with Gasteiger partial charge in [0.15, 0.2) is 0 Å². The lowest BCUT2D eigenvalue weighted by molar-refractivity contribution is -0.143. The van der Waals surface area contributed by atoms with E-state index in [1.165, 1.54) is 30.5 Å². The Morgan fingerprint density at radius 2 is 2.06 bits per heavy atom. The number of carbonyl (C=O) groups excluding carboxylic acids is 2. The number of benzene rings is 2. The van der Waals surface area contributed by atoms with Crippen LogP contribution in [-0.2, 0) is 16.1 Å². The lowest BCUT2D eigenvalue weighted by Crippen LogP contribution is -2.60. The number of methoxy groups -OCH3 is 1. The number of fused-ring (bicyclic) bond motifs is 1. The third-order valence-electron chi connectivity index (χ3n) is 5.37. The number of phenolic OH excluding ortho intramolecular Hbond substituents is 1. The van der Waals surface area contributed by atoms with Crippen LogP contribution in [-0.4, -0.2) is 69.5 Å². The predicted molar refractivity (Wildman–Crippen MR) is 114 cm³/mol. The quantitative estimate of drug-likeness (QED) is 0.639. The van der Waals surface area contributed by atoms with Crippen molar-refractivity contribution < 1.29 is 19.4 Å². The van der Waals surface area contributed by atoms with Crippen LogP contribution < -0.4 is 5.73 Å². The highest BCUT2D eigenvalue weighted by Crippen LogP contribution is 2.22. The summed E-state index contributed by atoms with van der Waals surface area (Å²) in [6.07, 6.45) is 1.41. The van der Waals surface area contributed by atoms with E-state index >= 15 is 0 Å². The number of rotatable bonds is 5. The largest absolute Gasteiger partial charge is 0.508 e. The molecule has 31 heavy (non-hydrogen) atoms. The van der Waals surface area contributed by atoms with E-state index in [9.17, 15) is 14.7 Å². The maximum absolute atomic E-state index is 13.2. The molecule has 3 aromatic rings. The molecular weight excluding hydrogens is 398 g/mol. The van der Waals surface area contributed by atoms with Crippen molar-refractivity contribution >= 4 is 28.5 Å². The molecule has 1 aliphatic heterocycles. The minimum absolute atomic E-state index is 0.000135. The average molecular weight is 421 g/mol. The summed E-state index contributed by atoms with van der Waals surface area (Å²) in [5.74, 6) is -0.0977. The fourth-order valence-corrected chi connectivity index (χ4v) is 3.80. The smallest absolute Gasteiger partial charge is 0.254 e. The Kier molecular flexibility index (Phi) is 5.68. The van der Waals surface area contributed by atoms with Crippen molar-refractivity contribution in [1.82, 2.24) is 19.8 Å². The second-order valence-electron chi connectivity index (χ2n) is 7.39. The molecule has 9 nitrogen and oxygen atoms in total. The van der Waals surface area contributed by atoms with Crippen molar-refractivity contribution in [1.29, 1.82) is 0 Å². The lowest BCUT2D eigenvalue weighted by atomic mass is 10.1. The lowest BCUT2D eigenvalue weighted by Gasteiger charge is -2.40. The zero-order valence-electron chi connectivity index (χ0n) is 17.1. The number of nitrogens with two attached hydrogens (primary N) is 1. The van der Waals surface area contributed by atoms with Gasteiger partial charge < -0.3 is 25.4 Å². The van der Waals surface area contributed by atoms with Crippen molar-refractivity contribution in [2.75, 3.05) is 32.5 Å². The number of piperazine rings is 1. The third-order valence-corrected chi connectivity index (χ3v) is 5.37. The van der Waals surface area contributed by atoms with Crippen LogP contribution in [0, 0.1) is 0 Å². The summed E-state index contributed by atoms with van der Waals surface area (Å²) >= 11 is 0. The van der Waals surface area contributed by atoms with E-state index in [4.69, 9.17) is 10.5 Å². The molecule has 2 heterocycles.